The summed E-state index contributed by atoms with van der Waals surface area (Å²) in [4.78, 5) is 1.31. The van der Waals surface area contributed by atoms with Crippen molar-refractivity contribution >= 4 is 11.3 Å². The van der Waals surface area contributed by atoms with Gasteiger partial charge in [-0.1, -0.05) is 20.8 Å². The molecule has 1 heterocycles. The summed E-state index contributed by atoms with van der Waals surface area (Å²) in [6, 6.07) is 2.04. The van der Waals surface area contributed by atoms with Gasteiger partial charge >= 0.3 is 0 Å². The average Bonchev–Trinajstić information content (AvgIpc) is 2.51. The molecule has 0 amide bonds. The van der Waals surface area contributed by atoms with Gasteiger partial charge in [0.25, 0.3) is 0 Å². The van der Waals surface area contributed by atoms with E-state index in [-0.39, 0.29) is 5.41 Å². The fraction of sp³-hybridized carbons (Fsp3) is 0.667. The van der Waals surface area contributed by atoms with Crippen LogP contribution in [0.1, 0.15) is 51.5 Å². The van der Waals surface area contributed by atoms with Gasteiger partial charge in [-0.05, 0) is 42.7 Å². The monoisotopic (exact) mass is 212 g/mol. The average molecular weight is 212 g/mol. The van der Waals surface area contributed by atoms with Crippen molar-refractivity contribution in [2.24, 2.45) is 0 Å². The van der Waals surface area contributed by atoms with Crippen molar-refractivity contribution in [2.75, 3.05) is 0 Å². The molecule has 0 atom stereocenters. The van der Waals surface area contributed by atoms with Crippen LogP contribution in [0.3, 0.4) is 0 Å². The van der Waals surface area contributed by atoms with Gasteiger partial charge in [0.2, 0.25) is 0 Å². The molecule has 0 spiro atoms. The Hall–Kier alpha value is -0.340. The van der Waals surface area contributed by atoms with Crippen LogP contribution in [0.15, 0.2) is 11.4 Å². The van der Waals surface area contributed by atoms with Crippen LogP contribution in [0, 0.1) is 0 Å². The van der Waals surface area contributed by atoms with E-state index in [0.717, 1.165) is 12.0 Å². The molecule has 0 fully saturated rings. The van der Waals surface area contributed by atoms with E-state index in [0.29, 0.717) is 0 Å². The Labute approximate surface area is 90.8 Å². The Bertz CT molecular complexity index is 304. The Morgan fingerprint density at radius 1 is 1.29 bits per heavy atom. The predicted octanol–water partition coefficient (Wildman–Crippen LogP) is 3.66. The summed E-state index contributed by atoms with van der Waals surface area (Å²) in [7, 11) is 0. The van der Waals surface area contributed by atoms with Gasteiger partial charge in [0.05, 0.1) is 5.60 Å². The summed E-state index contributed by atoms with van der Waals surface area (Å²) in [6.45, 7) is 10.4. The summed E-state index contributed by atoms with van der Waals surface area (Å²) in [5, 5.41) is 12.1. The van der Waals surface area contributed by atoms with Crippen molar-refractivity contribution in [3.63, 3.8) is 0 Å². The minimum atomic E-state index is -0.720. The molecule has 14 heavy (non-hydrogen) atoms. The highest BCUT2D eigenvalue weighted by atomic mass is 32.1. The zero-order chi connectivity index (χ0) is 11.0. The summed E-state index contributed by atoms with van der Waals surface area (Å²) >= 11 is 1.75. The van der Waals surface area contributed by atoms with Gasteiger partial charge in [-0.3, -0.25) is 0 Å². The van der Waals surface area contributed by atoms with E-state index < -0.39 is 5.60 Å². The standard InChI is InChI=1S/C12H20OS/c1-6-11(2,3)10-9(7-8-14-10)12(4,5)13/h7-8,13H,6H2,1-5H3. The Morgan fingerprint density at radius 3 is 2.29 bits per heavy atom. The normalized spacial score (nSPS) is 13.3. The number of hydrogen-bond donors (Lipinski definition) is 1. The van der Waals surface area contributed by atoms with Gasteiger partial charge in [0, 0.05) is 4.88 Å². The predicted molar refractivity (Wildman–Crippen MR) is 62.9 cm³/mol. The third-order valence-electron chi connectivity index (χ3n) is 2.82. The van der Waals surface area contributed by atoms with E-state index in [9.17, 15) is 5.11 Å². The summed E-state index contributed by atoms with van der Waals surface area (Å²) in [5.74, 6) is 0. The molecule has 0 saturated carbocycles. The first-order valence-electron chi connectivity index (χ1n) is 5.10. The second-order valence-corrected chi connectivity index (χ2v) is 5.88. The minimum Gasteiger partial charge on any atom is -0.386 e. The molecule has 0 unspecified atom stereocenters. The second-order valence-electron chi connectivity index (χ2n) is 4.96. The zero-order valence-corrected chi connectivity index (χ0v) is 10.5. The lowest BCUT2D eigenvalue weighted by Crippen LogP contribution is -2.23. The van der Waals surface area contributed by atoms with Crippen LogP contribution < -0.4 is 0 Å². The highest BCUT2D eigenvalue weighted by Gasteiger charge is 2.29. The van der Waals surface area contributed by atoms with E-state index in [2.05, 4.69) is 26.2 Å². The SMILES string of the molecule is CCC(C)(C)c1sccc1C(C)(C)O. The molecular formula is C12H20OS. The Morgan fingerprint density at radius 2 is 1.86 bits per heavy atom. The molecule has 1 nitrogen and oxygen atoms in total. The first-order chi connectivity index (χ1) is 6.29. The van der Waals surface area contributed by atoms with Crippen molar-refractivity contribution in [1.29, 1.82) is 0 Å². The summed E-state index contributed by atoms with van der Waals surface area (Å²) < 4.78 is 0. The summed E-state index contributed by atoms with van der Waals surface area (Å²) in [5.41, 5.74) is 0.528. The molecular weight excluding hydrogens is 192 g/mol. The van der Waals surface area contributed by atoms with E-state index in [1.807, 2.05) is 19.9 Å². The van der Waals surface area contributed by atoms with Crippen molar-refractivity contribution in [3.05, 3.63) is 21.9 Å². The Kier molecular flexibility index (Phi) is 3.07. The zero-order valence-electron chi connectivity index (χ0n) is 9.72. The molecule has 0 aromatic carbocycles. The highest BCUT2D eigenvalue weighted by Crippen LogP contribution is 2.38. The molecule has 80 valence electrons. The van der Waals surface area contributed by atoms with Crippen LogP contribution in [0.2, 0.25) is 0 Å². The van der Waals surface area contributed by atoms with Crippen LogP contribution in [0.4, 0.5) is 0 Å². The molecule has 2 heteroatoms. The van der Waals surface area contributed by atoms with E-state index in [1.165, 1.54) is 4.88 Å². The molecule has 1 aromatic rings. The van der Waals surface area contributed by atoms with Crippen LogP contribution in [0.25, 0.3) is 0 Å². The smallest absolute Gasteiger partial charge is 0.0851 e. The topological polar surface area (TPSA) is 20.2 Å². The number of thiophene rings is 1. The van der Waals surface area contributed by atoms with Crippen molar-refractivity contribution < 1.29 is 5.11 Å². The third-order valence-corrected chi connectivity index (χ3v) is 4.10. The largest absolute Gasteiger partial charge is 0.386 e. The third kappa shape index (κ3) is 2.18. The maximum absolute atomic E-state index is 10.0. The molecule has 0 bridgehead atoms. The molecule has 1 aromatic heterocycles. The van der Waals surface area contributed by atoms with Gasteiger partial charge in [-0.2, -0.15) is 0 Å². The van der Waals surface area contributed by atoms with Gasteiger partial charge in [0.1, 0.15) is 0 Å². The first-order valence-corrected chi connectivity index (χ1v) is 5.98. The molecule has 0 radical (unpaired) electrons. The summed E-state index contributed by atoms with van der Waals surface area (Å²) in [6.07, 6.45) is 1.09. The minimum absolute atomic E-state index is 0.170. The van der Waals surface area contributed by atoms with E-state index >= 15 is 0 Å². The van der Waals surface area contributed by atoms with Crippen molar-refractivity contribution in [1.82, 2.24) is 0 Å². The molecule has 0 aliphatic rings. The Balaban J connectivity index is 3.18. The highest BCUT2D eigenvalue weighted by molar-refractivity contribution is 7.10. The van der Waals surface area contributed by atoms with Gasteiger partial charge in [-0.15, -0.1) is 11.3 Å². The first kappa shape index (κ1) is 11.7. The molecule has 0 aliphatic heterocycles. The second kappa shape index (κ2) is 3.67. The molecule has 0 aliphatic carbocycles. The van der Waals surface area contributed by atoms with Crippen molar-refractivity contribution in [3.8, 4) is 0 Å². The van der Waals surface area contributed by atoms with E-state index in [1.54, 1.807) is 11.3 Å². The maximum Gasteiger partial charge on any atom is 0.0851 e. The lowest BCUT2D eigenvalue weighted by atomic mass is 9.83. The number of aliphatic hydroxyl groups is 1. The van der Waals surface area contributed by atoms with Gasteiger partial charge < -0.3 is 5.11 Å². The number of hydrogen-bond acceptors (Lipinski definition) is 2. The van der Waals surface area contributed by atoms with Crippen LogP contribution >= 0.6 is 11.3 Å². The lowest BCUT2D eigenvalue weighted by Gasteiger charge is -2.27. The van der Waals surface area contributed by atoms with Crippen LogP contribution in [-0.4, -0.2) is 5.11 Å². The fourth-order valence-corrected chi connectivity index (χ4v) is 2.72. The molecule has 1 rings (SSSR count). The fourth-order valence-electron chi connectivity index (χ4n) is 1.48. The maximum atomic E-state index is 10.0. The van der Waals surface area contributed by atoms with Gasteiger partial charge in [-0.25, -0.2) is 0 Å². The lowest BCUT2D eigenvalue weighted by molar-refractivity contribution is 0.0771. The molecule has 0 saturated heterocycles. The van der Waals surface area contributed by atoms with Crippen molar-refractivity contribution in [2.45, 2.75) is 52.1 Å². The van der Waals surface area contributed by atoms with E-state index in [4.69, 9.17) is 0 Å². The molecule has 1 N–H and O–H groups in total. The van der Waals surface area contributed by atoms with Gasteiger partial charge in [0.15, 0.2) is 0 Å². The van der Waals surface area contributed by atoms with Crippen LogP contribution in [0.5, 0.6) is 0 Å². The van der Waals surface area contributed by atoms with Crippen LogP contribution in [-0.2, 0) is 11.0 Å². The number of rotatable bonds is 3. The quantitative estimate of drug-likeness (QED) is 0.810.